The molecule has 1 aromatic heterocycles. The van der Waals surface area contributed by atoms with Crippen LogP contribution in [0.25, 0.3) is 0 Å². The molecule has 4 heteroatoms. The molecule has 0 amide bonds. The van der Waals surface area contributed by atoms with Crippen LogP contribution in [0.1, 0.15) is 31.9 Å². The normalized spacial score (nSPS) is 11.2. The highest BCUT2D eigenvalue weighted by Gasteiger charge is 2.20. The van der Waals surface area contributed by atoms with Crippen molar-refractivity contribution in [1.29, 1.82) is 0 Å². The van der Waals surface area contributed by atoms with E-state index in [4.69, 9.17) is 9.84 Å². The summed E-state index contributed by atoms with van der Waals surface area (Å²) in [5.41, 5.74) is 1.55. The van der Waals surface area contributed by atoms with E-state index in [1.54, 1.807) is 18.3 Å². The van der Waals surface area contributed by atoms with E-state index in [1.807, 2.05) is 24.3 Å². The van der Waals surface area contributed by atoms with Crippen LogP contribution in [0, 0.1) is 0 Å². The fourth-order valence-corrected chi connectivity index (χ4v) is 2.09. The van der Waals surface area contributed by atoms with Gasteiger partial charge in [0.15, 0.2) is 0 Å². The van der Waals surface area contributed by atoms with Crippen molar-refractivity contribution in [2.75, 3.05) is 0 Å². The van der Waals surface area contributed by atoms with Gasteiger partial charge in [-0.1, -0.05) is 45.0 Å². The van der Waals surface area contributed by atoms with Crippen LogP contribution in [0.3, 0.4) is 0 Å². The Balaban J connectivity index is 2.38. The SMILES string of the molecule is CC(C)(C)c1ccccc1Oc1ncccc1CC(=O)O. The molecule has 0 saturated carbocycles. The van der Waals surface area contributed by atoms with E-state index in [0.29, 0.717) is 17.2 Å². The summed E-state index contributed by atoms with van der Waals surface area (Å²) >= 11 is 0. The summed E-state index contributed by atoms with van der Waals surface area (Å²) in [4.78, 5) is 15.1. The fraction of sp³-hybridized carbons (Fsp3) is 0.294. The predicted octanol–water partition coefficient (Wildman–Crippen LogP) is 3.80. The summed E-state index contributed by atoms with van der Waals surface area (Å²) in [5, 5.41) is 8.96. The van der Waals surface area contributed by atoms with Crippen molar-refractivity contribution in [2.24, 2.45) is 0 Å². The molecule has 1 heterocycles. The third kappa shape index (κ3) is 3.81. The van der Waals surface area contributed by atoms with Gasteiger partial charge in [0.2, 0.25) is 5.88 Å². The zero-order valence-corrected chi connectivity index (χ0v) is 12.5. The quantitative estimate of drug-likeness (QED) is 0.928. The fourth-order valence-electron chi connectivity index (χ4n) is 2.09. The lowest BCUT2D eigenvalue weighted by Crippen LogP contribution is -2.13. The van der Waals surface area contributed by atoms with Gasteiger partial charge in [-0.25, -0.2) is 4.98 Å². The van der Waals surface area contributed by atoms with Gasteiger partial charge in [0.25, 0.3) is 0 Å². The van der Waals surface area contributed by atoms with Crippen LogP contribution >= 0.6 is 0 Å². The summed E-state index contributed by atoms with van der Waals surface area (Å²) < 4.78 is 5.89. The standard InChI is InChI=1S/C17H19NO3/c1-17(2,3)13-8-4-5-9-14(13)21-16-12(11-15(19)20)7-6-10-18-16/h4-10H,11H2,1-3H3,(H,19,20). The molecule has 0 saturated heterocycles. The maximum Gasteiger partial charge on any atom is 0.308 e. The number of para-hydroxylation sites is 1. The van der Waals surface area contributed by atoms with Crippen molar-refractivity contribution in [2.45, 2.75) is 32.6 Å². The Labute approximate surface area is 124 Å². The molecule has 21 heavy (non-hydrogen) atoms. The maximum atomic E-state index is 10.9. The second-order valence-corrected chi connectivity index (χ2v) is 5.89. The van der Waals surface area contributed by atoms with Crippen LogP contribution < -0.4 is 4.74 Å². The van der Waals surface area contributed by atoms with Gasteiger partial charge in [-0.2, -0.15) is 0 Å². The number of aromatic nitrogens is 1. The van der Waals surface area contributed by atoms with Gasteiger partial charge >= 0.3 is 5.97 Å². The third-order valence-electron chi connectivity index (χ3n) is 3.09. The zero-order valence-electron chi connectivity index (χ0n) is 12.5. The van der Waals surface area contributed by atoms with Crippen LogP contribution in [-0.4, -0.2) is 16.1 Å². The third-order valence-corrected chi connectivity index (χ3v) is 3.09. The molecule has 0 aliphatic heterocycles. The number of carboxylic acids is 1. The Morgan fingerprint density at radius 2 is 1.90 bits per heavy atom. The molecular weight excluding hydrogens is 266 g/mol. The Morgan fingerprint density at radius 1 is 1.19 bits per heavy atom. The Kier molecular flexibility index (Phi) is 4.26. The summed E-state index contributed by atoms with van der Waals surface area (Å²) in [6.07, 6.45) is 1.49. The maximum absolute atomic E-state index is 10.9. The van der Waals surface area contributed by atoms with Crippen LogP contribution in [0.5, 0.6) is 11.6 Å². The molecule has 0 aliphatic carbocycles. The summed E-state index contributed by atoms with van der Waals surface area (Å²) in [5.74, 6) is 0.142. The highest BCUT2D eigenvalue weighted by molar-refractivity contribution is 5.71. The van der Waals surface area contributed by atoms with E-state index >= 15 is 0 Å². The van der Waals surface area contributed by atoms with Crippen LogP contribution in [0.4, 0.5) is 0 Å². The predicted molar refractivity (Wildman–Crippen MR) is 80.8 cm³/mol. The topological polar surface area (TPSA) is 59.4 Å². The van der Waals surface area contributed by atoms with Gasteiger partial charge in [-0.3, -0.25) is 4.79 Å². The smallest absolute Gasteiger partial charge is 0.308 e. The van der Waals surface area contributed by atoms with Crippen LogP contribution in [0.15, 0.2) is 42.6 Å². The minimum absolute atomic E-state index is 0.0711. The highest BCUT2D eigenvalue weighted by atomic mass is 16.5. The summed E-state index contributed by atoms with van der Waals surface area (Å²) in [7, 11) is 0. The first kappa shape index (κ1) is 15.0. The van der Waals surface area contributed by atoms with Gasteiger partial charge in [0, 0.05) is 17.3 Å². The number of pyridine rings is 1. The van der Waals surface area contributed by atoms with Crippen molar-refractivity contribution >= 4 is 5.97 Å². The van der Waals surface area contributed by atoms with E-state index < -0.39 is 5.97 Å². The highest BCUT2D eigenvalue weighted by Crippen LogP contribution is 2.34. The van der Waals surface area contributed by atoms with E-state index in [-0.39, 0.29) is 11.8 Å². The number of carboxylic acid groups (broad SMARTS) is 1. The molecule has 0 unspecified atom stereocenters. The Bertz CT molecular complexity index is 644. The average Bonchev–Trinajstić information content (AvgIpc) is 2.40. The monoisotopic (exact) mass is 285 g/mol. The number of hydrogen-bond acceptors (Lipinski definition) is 3. The van der Waals surface area contributed by atoms with Crippen molar-refractivity contribution in [1.82, 2.24) is 4.98 Å². The minimum Gasteiger partial charge on any atom is -0.481 e. The minimum atomic E-state index is -0.906. The van der Waals surface area contributed by atoms with Crippen LogP contribution in [0.2, 0.25) is 0 Å². The first-order valence-corrected chi connectivity index (χ1v) is 6.81. The second kappa shape index (κ2) is 5.95. The van der Waals surface area contributed by atoms with Gasteiger partial charge in [-0.05, 0) is 17.5 Å². The molecule has 0 spiro atoms. The number of ether oxygens (including phenoxy) is 1. The van der Waals surface area contributed by atoms with Crippen molar-refractivity contribution in [3.63, 3.8) is 0 Å². The average molecular weight is 285 g/mol. The van der Waals surface area contributed by atoms with E-state index in [2.05, 4.69) is 25.8 Å². The number of rotatable bonds is 4. The molecule has 1 aromatic carbocycles. The zero-order chi connectivity index (χ0) is 15.5. The molecule has 2 rings (SSSR count). The van der Waals surface area contributed by atoms with Gasteiger partial charge in [-0.15, -0.1) is 0 Å². The molecule has 110 valence electrons. The molecular formula is C17H19NO3. The molecule has 4 nitrogen and oxygen atoms in total. The molecule has 2 aromatic rings. The summed E-state index contributed by atoms with van der Waals surface area (Å²) in [6.45, 7) is 6.31. The lowest BCUT2D eigenvalue weighted by atomic mass is 9.86. The Hall–Kier alpha value is -2.36. The first-order valence-electron chi connectivity index (χ1n) is 6.81. The second-order valence-electron chi connectivity index (χ2n) is 5.89. The lowest BCUT2D eigenvalue weighted by molar-refractivity contribution is -0.136. The van der Waals surface area contributed by atoms with Crippen molar-refractivity contribution in [3.05, 3.63) is 53.7 Å². The van der Waals surface area contributed by atoms with Gasteiger partial charge in [0.1, 0.15) is 5.75 Å². The number of hydrogen-bond donors (Lipinski definition) is 1. The lowest BCUT2D eigenvalue weighted by Gasteiger charge is -2.22. The van der Waals surface area contributed by atoms with Gasteiger partial charge < -0.3 is 9.84 Å². The molecule has 1 N–H and O–H groups in total. The van der Waals surface area contributed by atoms with E-state index in [1.165, 1.54) is 0 Å². The van der Waals surface area contributed by atoms with Crippen molar-refractivity contribution < 1.29 is 14.6 Å². The van der Waals surface area contributed by atoms with E-state index in [9.17, 15) is 4.79 Å². The number of aliphatic carboxylic acids is 1. The largest absolute Gasteiger partial charge is 0.481 e. The molecule has 0 bridgehead atoms. The molecule has 0 radical (unpaired) electrons. The Morgan fingerprint density at radius 3 is 2.57 bits per heavy atom. The number of nitrogens with zero attached hydrogens (tertiary/aromatic N) is 1. The molecule has 0 fully saturated rings. The molecule has 0 aliphatic rings. The summed E-state index contributed by atoms with van der Waals surface area (Å²) in [6, 6.07) is 11.2. The first-order chi connectivity index (χ1) is 9.88. The van der Waals surface area contributed by atoms with Gasteiger partial charge in [0.05, 0.1) is 6.42 Å². The number of benzene rings is 1. The van der Waals surface area contributed by atoms with Crippen LogP contribution in [-0.2, 0) is 16.6 Å². The number of carbonyl (C=O) groups is 1. The molecule has 0 atom stereocenters. The van der Waals surface area contributed by atoms with E-state index in [0.717, 1.165) is 5.56 Å². The van der Waals surface area contributed by atoms with Crippen molar-refractivity contribution in [3.8, 4) is 11.6 Å².